The van der Waals surface area contributed by atoms with Crippen molar-refractivity contribution < 1.29 is 10.0 Å². The van der Waals surface area contributed by atoms with Gasteiger partial charge in [-0.05, 0) is 18.3 Å². The van der Waals surface area contributed by atoms with Gasteiger partial charge in [0.1, 0.15) is 5.75 Å². The summed E-state index contributed by atoms with van der Waals surface area (Å²) in [4.78, 5) is 12.6. The Hall–Kier alpha value is -1.33. The van der Waals surface area contributed by atoms with Gasteiger partial charge in [0.15, 0.2) is 0 Å². The molecule has 1 aliphatic heterocycles. The Kier molecular flexibility index (Phi) is 4.50. The zero-order valence-corrected chi connectivity index (χ0v) is 12.4. The molecule has 1 N–H and O–H groups in total. The molecule has 1 heterocycles. The zero-order chi connectivity index (χ0) is 14.9. The molecule has 0 spiro atoms. The van der Waals surface area contributed by atoms with E-state index in [1.54, 1.807) is 0 Å². The van der Waals surface area contributed by atoms with Crippen molar-refractivity contribution in [1.82, 2.24) is 4.90 Å². The highest BCUT2D eigenvalue weighted by atomic mass is 35.5. The average Bonchev–Trinajstić information content (AvgIpc) is 2.33. The third-order valence-electron chi connectivity index (χ3n) is 3.68. The quantitative estimate of drug-likeness (QED) is 0.686. The van der Waals surface area contributed by atoms with Crippen LogP contribution in [0.15, 0.2) is 12.1 Å². The van der Waals surface area contributed by atoms with Gasteiger partial charge >= 0.3 is 0 Å². The van der Waals surface area contributed by atoms with Crippen molar-refractivity contribution in [2.75, 3.05) is 13.1 Å². The van der Waals surface area contributed by atoms with E-state index >= 15 is 0 Å². The zero-order valence-electron chi connectivity index (χ0n) is 11.7. The van der Waals surface area contributed by atoms with Crippen molar-refractivity contribution in [2.24, 2.45) is 11.8 Å². The van der Waals surface area contributed by atoms with E-state index in [-0.39, 0.29) is 16.5 Å². The van der Waals surface area contributed by atoms with Crippen LogP contribution in [-0.4, -0.2) is 28.0 Å². The minimum atomic E-state index is -0.490. The molecule has 0 amide bonds. The van der Waals surface area contributed by atoms with E-state index in [1.807, 2.05) is 0 Å². The van der Waals surface area contributed by atoms with Crippen molar-refractivity contribution in [3.8, 4) is 5.75 Å². The summed E-state index contributed by atoms with van der Waals surface area (Å²) in [5.41, 5.74) is 0.436. The summed E-state index contributed by atoms with van der Waals surface area (Å²) in [6.45, 7) is 6.75. The number of benzene rings is 1. The first kappa shape index (κ1) is 15.1. The Morgan fingerprint density at radius 2 is 2.00 bits per heavy atom. The fraction of sp³-hybridized carbons (Fsp3) is 0.571. The fourth-order valence-corrected chi connectivity index (χ4v) is 3.26. The van der Waals surface area contributed by atoms with Gasteiger partial charge < -0.3 is 5.11 Å². The number of likely N-dealkylation sites (tertiary alicyclic amines) is 1. The predicted molar refractivity (Wildman–Crippen MR) is 78.0 cm³/mol. The van der Waals surface area contributed by atoms with Gasteiger partial charge in [-0.25, -0.2) is 0 Å². The van der Waals surface area contributed by atoms with Crippen LogP contribution < -0.4 is 0 Å². The molecule has 110 valence electrons. The first-order valence-corrected chi connectivity index (χ1v) is 7.12. The van der Waals surface area contributed by atoms with Crippen LogP contribution in [0.4, 0.5) is 5.69 Å². The molecule has 0 bridgehead atoms. The number of nitrogens with zero attached hydrogens (tertiary/aromatic N) is 2. The Morgan fingerprint density at radius 3 is 2.55 bits per heavy atom. The number of non-ortho nitro benzene ring substituents is 1. The van der Waals surface area contributed by atoms with Gasteiger partial charge in [0.25, 0.3) is 5.69 Å². The number of phenols is 1. The Morgan fingerprint density at radius 1 is 1.40 bits per heavy atom. The van der Waals surface area contributed by atoms with Gasteiger partial charge in [-0.2, -0.15) is 0 Å². The second-order valence-corrected chi connectivity index (χ2v) is 6.24. The van der Waals surface area contributed by atoms with Gasteiger partial charge in [-0.3, -0.25) is 15.0 Å². The van der Waals surface area contributed by atoms with Crippen molar-refractivity contribution in [3.63, 3.8) is 0 Å². The molecule has 0 aliphatic carbocycles. The van der Waals surface area contributed by atoms with E-state index in [1.165, 1.54) is 18.6 Å². The molecule has 5 nitrogen and oxygen atoms in total. The highest BCUT2D eigenvalue weighted by Crippen LogP contribution is 2.34. The molecular formula is C14H19ClN2O3. The van der Waals surface area contributed by atoms with Crippen LogP contribution in [0.5, 0.6) is 5.75 Å². The lowest BCUT2D eigenvalue weighted by molar-refractivity contribution is -0.384. The van der Waals surface area contributed by atoms with Crippen LogP contribution in [0.3, 0.4) is 0 Å². The standard InChI is InChI=1S/C14H19ClN2O3/c1-9-3-10(2)7-16(6-9)8-11-4-12(17(19)20)5-13(15)14(11)18/h4-5,9-10,18H,3,6-8H2,1-2H3/t9-,10+. The number of aromatic hydroxyl groups is 1. The van der Waals surface area contributed by atoms with Crippen molar-refractivity contribution in [1.29, 1.82) is 0 Å². The van der Waals surface area contributed by atoms with E-state index in [2.05, 4.69) is 18.7 Å². The van der Waals surface area contributed by atoms with Crippen LogP contribution in [-0.2, 0) is 6.54 Å². The Bertz CT molecular complexity index is 511. The molecule has 1 aromatic carbocycles. The third-order valence-corrected chi connectivity index (χ3v) is 3.96. The van der Waals surface area contributed by atoms with Gasteiger partial charge in [-0.15, -0.1) is 0 Å². The topological polar surface area (TPSA) is 66.6 Å². The number of piperidine rings is 1. The SMILES string of the molecule is C[C@@H]1C[C@H](C)CN(Cc2cc([N+](=O)[O-])cc(Cl)c2O)C1. The fourth-order valence-electron chi connectivity index (χ4n) is 3.03. The number of phenolic OH excluding ortho intramolecular Hbond substituents is 1. The summed E-state index contributed by atoms with van der Waals surface area (Å²) in [5.74, 6) is 1.13. The summed E-state index contributed by atoms with van der Waals surface area (Å²) in [5, 5.41) is 20.9. The first-order chi connectivity index (χ1) is 9.36. The number of rotatable bonds is 3. The number of nitro groups is 1. The predicted octanol–water partition coefficient (Wildman–Crippen LogP) is 3.43. The van der Waals surface area contributed by atoms with Crippen LogP contribution in [0.2, 0.25) is 5.02 Å². The first-order valence-electron chi connectivity index (χ1n) is 6.75. The number of hydrogen-bond acceptors (Lipinski definition) is 4. The third kappa shape index (κ3) is 3.41. The van der Waals surface area contributed by atoms with E-state index in [0.717, 1.165) is 13.1 Å². The number of nitro benzene ring substituents is 1. The molecule has 1 aliphatic rings. The van der Waals surface area contributed by atoms with Crippen LogP contribution >= 0.6 is 11.6 Å². The molecule has 2 atom stereocenters. The Labute approximate surface area is 123 Å². The minimum Gasteiger partial charge on any atom is -0.506 e. The molecule has 0 radical (unpaired) electrons. The van der Waals surface area contributed by atoms with Gasteiger partial charge in [0.2, 0.25) is 0 Å². The monoisotopic (exact) mass is 298 g/mol. The highest BCUT2D eigenvalue weighted by molar-refractivity contribution is 6.32. The maximum Gasteiger partial charge on any atom is 0.271 e. The number of hydrogen-bond donors (Lipinski definition) is 1. The molecule has 0 saturated carbocycles. The average molecular weight is 299 g/mol. The van der Waals surface area contributed by atoms with Gasteiger partial charge in [-0.1, -0.05) is 25.4 Å². The molecule has 1 aromatic rings. The molecule has 20 heavy (non-hydrogen) atoms. The second kappa shape index (κ2) is 5.97. The lowest BCUT2D eigenvalue weighted by atomic mass is 9.91. The van der Waals surface area contributed by atoms with Crippen LogP contribution in [0, 0.1) is 22.0 Å². The molecular weight excluding hydrogens is 280 g/mol. The van der Waals surface area contributed by atoms with Crippen LogP contribution in [0.1, 0.15) is 25.8 Å². The number of halogens is 1. The van der Waals surface area contributed by atoms with Crippen molar-refractivity contribution >= 4 is 17.3 Å². The maximum atomic E-state index is 10.9. The van der Waals surface area contributed by atoms with E-state index in [4.69, 9.17) is 11.6 Å². The Balaban J connectivity index is 2.22. The summed E-state index contributed by atoms with van der Waals surface area (Å²) >= 11 is 5.87. The van der Waals surface area contributed by atoms with Gasteiger partial charge in [0, 0.05) is 37.3 Å². The summed E-state index contributed by atoms with van der Waals surface area (Å²) in [7, 11) is 0. The molecule has 1 saturated heterocycles. The molecule has 0 unspecified atom stereocenters. The smallest absolute Gasteiger partial charge is 0.271 e. The van der Waals surface area contributed by atoms with Gasteiger partial charge in [0.05, 0.1) is 9.95 Å². The van der Waals surface area contributed by atoms with Crippen molar-refractivity contribution in [2.45, 2.75) is 26.8 Å². The summed E-state index contributed by atoms with van der Waals surface area (Å²) in [6.07, 6.45) is 1.19. The van der Waals surface area contributed by atoms with E-state index in [0.29, 0.717) is 23.9 Å². The molecule has 6 heteroatoms. The second-order valence-electron chi connectivity index (χ2n) is 5.83. The largest absolute Gasteiger partial charge is 0.506 e. The molecule has 0 aromatic heterocycles. The summed E-state index contributed by atoms with van der Waals surface area (Å²) in [6, 6.07) is 2.59. The lowest BCUT2D eigenvalue weighted by Gasteiger charge is -2.35. The normalized spacial score (nSPS) is 23.8. The highest BCUT2D eigenvalue weighted by Gasteiger charge is 2.24. The minimum absolute atomic E-state index is 0.0345. The lowest BCUT2D eigenvalue weighted by Crippen LogP contribution is -2.38. The van der Waals surface area contributed by atoms with E-state index in [9.17, 15) is 15.2 Å². The van der Waals surface area contributed by atoms with Crippen LogP contribution in [0.25, 0.3) is 0 Å². The summed E-state index contributed by atoms with van der Waals surface area (Å²) < 4.78 is 0. The van der Waals surface area contributed by atoms with Crippen molar-refractivity contribution in [3.05, 3.63) is 32.8 Å². The molecule has 2 rings (SSSR count). The maximum absolute atomic E-state index is 10.9. The molecule has 1 fully saturated rings. The van der Waals surface area contributed by atoms with E-state index < -0.39 is 4.92 Å².